The molecule has 0 spiro atoms. The zero-order chi connectivity index (χ0) is 19.2. The number of guanidine groups is 1. The average Bonchev–Trinajstić information content (AvgIpc) is 3.12. The van der Waals surface area contributed by atoms with Gasteiger partial charge in [-0.1, -0.05) is 6.92 Å². The molecule has 26 heavy (non-hydrogen) atoms. The Hall–Kier alpha value is -2.58. The molecule has 0 aromatic carbocycles. The van der Waals surface area contributed by atoms with Crippen LogP contribution in [0.25, 0.3) is 0 Å². The molecule has 9 nitrogen and oxygen atoms in total. The lowest BCUT2D eigenvalue weighted by molar-refractivity contribution is -0.130. The molecule has 1 fully saturated rings. The first kappa shape index (κ1) is 19.7. The number of aromatic nitrogens is 2. The number of carbonyl (C=O) groups excluding carboxylic acids is 2. The zero-order valence-electron chi connectivity index (χ0n) is 16.0. The van der Waals surface area contributed by atoms with Crippen LogP contribution in [-0.2, 0) is 18.4 Å². The van der Waals surface area contributed by atoms with E-state index >= 15 is 0 Å². The molecule has 0 saturated carbocycles. The van der Waals surface area contributed by atoms with Crippen molar-refractivity contribution in [2.75, 3.05) is 19.6 Å². The molecule has 1 unspecified atom stereocenters. The lowest BCUT2D eigenvalue weighted by Gasteiger charge is -2.19. The van der Waals surface area contributed by atoms with E-state index in [1.807, 2.05) is 27.0 Å². The maximum absolute atomic E-state index is 12.3. The number of hydrogen-bond donors (Lipinski definition) is 3. The van der Waals surface area contributed by atoms with E-state index in [0.29, 0.717) is 38.4 Å². The van der Waals surface area contributed by atoms with Gasteiger partial charge in [0.1, 0.15) is 5.54 Å². The SMILES string of the molecule is CCNC(=NCc1ccnn1C)NCCCN1C(=O)NC(C)(CC)C1=O. The summed E-state index contributed by atoms with van der Waals surface area (Å²) in [5.74, 6) is 0.547. The number of aliphatic imine (C=N–C) groups is 1. The van der Waals surface area contributed by atoms with Gasteiger partial charge in [0.05, 0.1) is 12.2 Å². The fourth-order valence-corrected chi connectivity index (χ4v) is 2.69. The Kier molecular flexibility index (Phi) is 6.59. The molecule has 2 rings (SSSR count). The van der Waals surface area contributed by atoms with Crippen molar-refractivity contribution in [2.24, 2.45) is 12.0 Å². The van der Waals surface area contributed by atoms with Crippen molar-refractivity contribution in [3.8, 4) is 0 Å². The molecule has 1 aromatic rings. The monoisotopic (exact) mass is 363 g/mol. The van der Waals surface area contributed by atoms with Gasteiger partial charge in [-0.2, -0.15) is 5.10 Å². The van der Waals surface area contributed by atoms with Crippen molar-refractivity contribution in [1.82, 2.24) is 30.6 Å². The minimum atomic E-state index is -0.774. The Morgan fingerprint density at radius 2 is 2.12 bits per heavy atom. The average molecular weight is 363 g/mol. The summed E-state index contributed by atoms with van der Waals surface area (Å²) in [6, 6.07) is 1.62. The molecule has 144 valence electrons. The summed E-state index contributed by atoms with van der Waals surface area (Å²) >= 11 is 0. The van der Waals surface area contributed by atoms with E-state index in [1.165, 1.54) is 4.90 Å². The Balaban J connectivity index is 1.82. The summed E-state index contributed by atoms with van der Waals surface area (Å²) in [5, 5.41) is 13.3. The predicted octanol–water partition coefficient (Wildman–Crippen LogP) is 0.586. The van der Waals surface area contributed by atoms with Crippen molar-refractivity contribution < 1.29 is 9.59 Å². The molecule has 1 saturated heterocycles. The summed E-state index contributed by atoms with van der Waals surface area (Å²) in [7, 11) is 1.88. The van der Waals surface area contributed by atoms with Crippen LogP contribution in [0.5, 0.6) is 0 Å². The van der Waals surface area contributed by atoms with E-state index in [9.17, 15) is 9.59 Å². The van der Waals surface area contributed by atoms with Crippen LogP contribution in [0.2, 0.25) is 0 Å². The van der Waals surface area contributed by atoms with E-state index in [2.05, 4.69) is 26.0 Å². The molecule has 0 bridgehead atoms. The summed E-state index contributed by atoms with van der Waals surface area (Å²) in [4.78, 5) is 30.2. The van der Waals surface area contributed by atoms with Crippen molar-refractivity contribution in [3.05, 3.63) is 18.0 Å². The molecule has 9 heteroatoms. The third kappa shape index (κ3) is 4.53. The predicted molar refractivity (Wildman–Crippen MR) is 99.6 cm³/mol. The standard InChI is InChI=1S/C17H29N7O2/c1-5-17(3)14(25)24(16(26)22-17)11-7-9-19-15(18-6-2)20-12-13-8-10-21-23(13)4/h8,10H,5-7,9,11-12H2,1-4H3,(H,22,26)(H2,18,19,20). The number of amides is 3. The molecule has 1 aliphatic rings. The van der Waals surface area contributed by atoms with E-state index in [4.69, 9.17) is 0 Å². The second kappa shape index (κ2) is 8.68. The third-order valence-corrected chi connectivity index (χ3v) is 4.57. The molecule has 1 aromatic heterocycles. The van der Waals surface area contributed by atoms with Crippen molar-refractivity contribution in [3.63, 3.8) is 0 Å². The van der Waals surface area contributed by atoms with Crippen LogP contribution in [0.3, 0.4) is 0 Å². The minimum absolute atomic E-state index is 0.151. The number of imide groups is 1. The number of aryl methyl sites for hydroxylation is 1. The van der Waals surface area contributed by atoms with Gasteiger partial charge in [0.2, 0.25) is 0 Å². The summed E-state index contributed by atoms with van der Waals surface area (Å²) < 4.78 is 1.79. The number of hydrogen-bond acceptors (Lipinski definition) is 4. The van der Waals surface area contributed by atoms with Gasteiger partial charge in [-0.05, 0) is 32.8 Å². The largest absolute Gasteiger partial charge is 0.357 e. The first-order valence-electron chi connectivity index (χ1n) is 9.04. The topological polar surface area (TPSA) is 104 Å². The molecule has 0 aliphatic carbocycles. The van der Waals surface area contributed by atoms with Gasteiger partial charge in [-0.15, -0.1) is 0 Å². The van der Waals surface area contributed by atoms with E-state index in [1.54, 1.807) is 17.8 Å². The second-order valence-corrected chi connectivity index (χ2v) is 6.49. The third-order valence-electron chi connectivity index (χ3n) is 4.57. The van der Waals surface area contributed by atoms with Crippen LogP contribution in [0.1, 0.15) is 39.3 Å². The Morgan fingerprint density at radius 3 is 2.69 bits per heavy atom. The summed E-state index contributed by atoms with van der Waals surface area (Å²) in [5.41, 5.74) is 0.240. The molecular weight excluding hydrogens is 334 g/mol. The lowest BCUT2D eigenvalue weighted by atomic mass is 9.99. The van der Waals surface area contributed by atoms with Crippen LogP contribution >= 0.6 is 0 Å². The maximum atomic E-state index is 12.3. The fourth-order valence-electron chi connectivity index (χ4n) is 2.69. The lowest BCUT2D eigenvalue weighted by Crippen LogP contribution is -2.43. The fraction of sp³-hybridized carbons (Fsp3) is 0.647. The van der Waals surface area contributed by atoms with Gasteiger partial charge in [-0.3, -0.25) is 14.4 Å². The first-order chi connectivity index (χ1) is 12.4. The van der Waals surface area contributed by atoms with Crippen LogP contribution in [0.15, 0.2) is 17.3 Å². The number of urea groups is 1. The van der Waals surface area contributed by atoms with Gasteiger partial charge in [0, 0.05) is 32.9 Å². The molecule has 3 N–H and O–H groups in total. The van der Waals surface area contributed by atoms with E-state index in [-0.39, 0.29) is 11.9 Å². The van der Waals surface area contributed by atoms with Crippen LogP contribution < -0.4 is 16.0 Å². The molecule has 3 amide bonds. The highest BCUT2D eigenvalue weighted by atomic mass is 16.2. The molecule has 2 heterocycles. The quantitative estimate of drug-likeness (QED) is 0.271. The highest BCUT2D eigenvalue weighted by Crippen LogP contribution is 2.20. The van der Waals surface area contributed by atoms with Crippen molar-refractivity contribution >= 4 is 17.9 Å². The maximum Gasteiger partial charge on any atom is 0.325 e. The molecule has 1 aliphatic heterocycles. The van der Waals surface area contributed by atoms with Gasteiger partial charge in [0.25, 0.3) is 5.91 Å². The van der Waals surface area contributed by atoms with Crippen LogP contribution in [0, 0.1) is 0 Å². The summed E-state index contributed by atoms with van der Waals surface area (Å²) in [6.45, 7) is 7.92. The number of rotatable bonds is 8. The minimum Gasteiger partial charge on any atom is -0.357 e. The Morgan fingerprint density at radius 1 is 1.35 bits per heavy atom. The number of carbonyl (C=O) groups is 2. The summed E-state index contributed by atoms with van der Waals surface area (Å²) in [6.07, 6.45) is 2.97. The Bertz CT molecular complexity index is 670. The zero-order valence-corrected chi connectivity index (χ0v) is 16.0. The second-order valence-electron chi connectivity index (χ2n) is 6.49. The molecular formula is C17H29N7O2. The molecule has 1 atom stereocenters. The number of nitrogens with one attached hydrogen (secondary N) is 3. The highest BCUT2D eigenvalue weighted by Gasteiger charge is 2.45. The van der Waals surface area contributed by atoms with Gasteiger partial charge >= 0.3 is 6.03 Å². The number of nitrogens with zero attached hydrogens (tertiary/aromatic N) is 4. The van der Waals surface area contributed by atoms with Gasteiger partial charge in [-0.25, -0.2) is 9.79 Å². The van der Waals surface area contributed by atoms with E-state index < -0.39 is 5.54 Å². The molecule has 0 radical (unpaired) electrons. The Labute approximate surface area is 154 Å². The van der Waals surface area contributed by atoms with Crippen molar-refractivity contribution in [1.29, 1.82) is 0 Å². The van der Waals surface area contributed by atoms with Crippen molar-refractivity contribution in [2.45, 2.75) is 45.7 Å². The van der Waals surface area contributed by atoms with Crippen LogP contribution in [0.4, 0.5) is 4.79 Å². The van der Waals surface area contributed by atoms with Gasteiger partial charge < -0.3 is 16.0 Å². The van der Waals surface area contributed by atoms with Gasteiger partial charge in [0.15, 0.2) is 5.96 Å². The first-order valence-corrected chi connectivity index (χ1v) is 9.04. The highest BCUT2D eigenvalue weighted by molar-refractivity contribution is 6.06. The van der Waals surface area contributed by atoms with Crippen LogP contribution in [-0.4, -0.2) is 57.8 Å². The normalized spacial score (nSPS) is 20.5. The van der Waals surface area contributed by atoms with E-state index in [0.717, 1.165) is 12.2 Å². The smallest absolute Gasteiger partial charge is 0.325 e.